The summed E-state index contributed by atoms with van der Waals surface area (Å²) in [7, 11) is 0. The van der Waals surface area contributed by atoms with Gasteiger partial charge in [0.2, 0.25) is 0 Å². The minimum absolute atomic E-state index is 0.0454. The lowest BCUT2D eigenvalue weighted by Crippen LogP contribution is -2.30. The van der Waals surface area contributed by atoms with Gasteiger partial charge >= 0.3 is 0 Å². The quantitative estimate of drug-likeness (QED) is 0.290. The number of aryl methyl sites for hydroxylation is 1. The lowest BCUT2D eigenvalue weighted by atomic mass is 9.85. The molecule has 2 aromatic carbocycles. The molecule has 36 heavy (non-hydrogen) atoms. The topological polar surface area (TPSA) is 52.0 Å². The van der Waals surface area contributed by atoms with Crippen LogP contribution in [-0.4, -0.2) is 12.6 Å². The van der Waals surface area contributed by atoms with Crippen LogP contribution in [0.1, 0.15) is 107 Å². The van der Waals surface area contributed by atoms with Crippen molar-refractivity contribution in [2.24, 2.45) is 23.3 Å². The lowest BCUT2D eigenvalue weighted by Gasteiger charge is -2.24. The molecule has 0 aromatic heterocycles. The second-order valence-electron chi connectivity index (χ2n) is 10.0. The molecule has 2 atom stereocenters. The van der Waals surface area contributed by atoms with E-state index in [0.717, 1.165) is 43.2 Å². The Morgan fingerprint density at radius 2 is 1.33 bits per heavy atom. The van der Waals surface area contributed by atoms with E-state index in [4.69, 9.17) is 11.5 Å². The highest BCUT2D eigenvalue weighted by Crippen LogP contribution is 2.26. The van der Waals surface area contributed by atoms with Crippen molar-refractivity contribution in [1.29, 1.82) is 0 Å². The number of rotatable bonds is 13. The molecule has 0 aliphatic heterocycles. The highest BCUT2D eigenvalue weighted by Gasteiger charge is 2.19. The second kappa shape index (κ2) is 17.0. The molecular formula is C34H48N2. The van der Waals surface area contributed by atoms with Crippen LogP contribution in [0.5, 0.6) is 0 Å². The molecule has 2 aromatic rings. The minimum Gasteiger partial charge on any atom is -0.330 e. The van der Waals surface area contributed by atoms with Crippen molar-refractivity contribution in [1.82, 2.24) is 0 Å². The van der Waals surface area contributed by atoms with E-state index in [1.807, 2.05) is 0 Å². The SMILES string of the molecule is CCCC(C#Cc1cccc(C(CCN)C(N)CCc2cccc(C#CC(CC)CC)c2)c1)CCC. The van der Waals surface area contributed by atoms with Crippen LogP contribution >= 0.6 is 0 Å². The maximum Gasteiger partial charge on any atom is 0.0248 e. The molecule has 2 rings (SSSR count). The van der Waals surface area contributed by atoms with Crippen molar-refractivity contribution < 1.29 is 0 Å². The molecule has 194 valence electrons. The molecule has 0 heterocycles. The summed E-state index contributed by atoms with van der Waals surface area (Å²) in [6, 6.07) is 17.3. The predicted octanol–water partition coefficient (Wildman–Crippen LogP) is 7.43. The smallest absolute Gasteiger partial charge is 0.0248 e. The third kappa shape index (κ3) is 10.2. The fraction of sp³-hybridized carbons (Fsp3) is 0.529. The fourth-order valence-electron chi connectivity index (χ4n) is 4.84. The zero-order valence-electron chi connectivity index (χ0n) is 23.2. The monoisotopic (exact) mass is 484 g/mol. The number of hydrogen-bond acceptors (Lipinski definition) is 2. The summed E-state index contributed by atoms with van der Waals surface area (Å²) in [5, 5.41) is 0. The van der Waals surface area contributed by atoms with E-state index >= 15 is 0 Å². The van der Waals surface area contributed by atoms with Crippen LogP contribution in [0.25, 0.3) is 0 Å². The number of hydrogen-bond donors (Lipinski definition) is 2. The van der Waals surface area contributed by atoms with Crippen LogP contribution in [0, 0.1) is 35.5 Å². The Kier molecular flexibility index (Phi) is 14.1. The van der Waals surface area contributed by atoms with Crippen LogP contribution in [-0.2, 0) is 6.42 Å². The van der Waals surface area contributed by atoms with Crippen LogP contribution < -0.4 is 11.5 Å². The summed E-state index contributed by atoms with van der Waals surface area (Å²) in [4.78, 5) is 0. The van der Waals surface area contributed by atoms with Gasteiger partial charge in [-0.05, 0) is 86.9 Å². The van der Waals surface area contributed by atoms with E-state index in [2.05, 4.69) is 99.9 Å². The normalized spacial score (nSPS) is 12.6. The molecule has 2 nitrogen and oxygen atoms in total. The molecule has 0 fully saturated rings. The lowest BCUT2D eigenvalue weighted by molar-refractivity contribution is 0.477. The Morgan fingerprint density at radius 1 is 0.722 bits per heavy atom. The first-order valence-electron chi connectivity index (χ1n) is 14.2. The second-order valence-corrected chi connectivity index (χ2v) is 10.0. The number of benzene rings is 2. The van der Waals surface area contributed by atoms with Crippen LogP contribution in [0.4, 0.5) is 0 Å². The van der Waals surface area contributed by atoms with Gasteiger partial charge in [0.1, 0.15) is 0 Å². The van der Waals surface area contributed by atoms with Gasteiger partial charge in [0.15, 0.2) is 0 Å². The van der Waals surface area contributed by atoms with E-state index in [9.17, 15) is 0 Å². The van der Waals surface area contributed by atoms with Gasteiger partial charge in [-0.1, -0.05) is 88.5 Å². The Balaban J connectivity index is 2.11. The third-order valence-corrected chi connectivity index (χ3v) is 7.10. The maximum absolute atomic E-state index is 6.79. The number of nitrogens with two attached hydrogens (primary N) is 2. The molecule has 0 radical (unpaired) electrons. The first kappa shape index (κ1) is 29.7. The van der Waals surface area contributed by atoms with E-state index in [1.165, 1.54) is 36.8 Å². The molecule has 0 aliphatic carbocycles. The summed E-state index contributed by atoms with van der Waals surface area (Å²) >= 11 is 0. The summed E-state index contributed by atoms with van der Waals surface area (Å²) in [6.07, 6.45) is 9.65. The van der Waals surface area contributed by atoms with Gasteiger partial charge in [0.05, 0.1) is 0 Å². The van der Waals surface area contributed by atoms with E-state index < -0.39 is 0 Å². The highest BCUT2D eigenvalue weighted by molar-refractivity contribution is 5.40. The van der Waals surface area contributed by atoms with Crippen molar-refractivity contribution in [3.8, 4) is 23.7 Å². The van der Waals surface area contributed by atoms with Gasteiger partial charge in [-0.25, -0.2) is 0 Å². The Hall–Kier alpha value is -2.52. The van der Waals surface area contributed by atoms with Crippen molar-refractivity contribution in [2.45, 2.75) is 97.4 Å². The Morgan fingerprint density at radius 3 is 1.94 bits per heavy atom. The van der Waals surface area contributed by atoms with Crippen LogP contribution in [0.15, 0.2) is 48.5 Å². The fourth-order valence-corrected chi connectivity index (χ4v) is 4.84. The standard InChI is InChI=1S/C34H48N2/c1-5-11-28(12-6-2)18-20-31-15-10-16-32(26-31)33(23-24-35)34(36)22-21-30-14-9-13-29(25-30)19-17-27(7-3)8-4/h9-10,13-16,25-28,33-34H,5-8,11-12,21-24,35-36H2,1-4H3. The Bertz CT molecular complexity index is 1010. The first-order chi connectivity index (χ1) is 17.5. The van der Waals surface area contributed by atoms with Gasteiger partial charge in [-0.2, -0.15) is 0 Å². The molecule has 0 bridgehead atoms. The van der Waals surface area contributed by atoms with Gasteiger partial charge in [-0.15, -0.1) is 0 Å². The maximum atomic E-state index is 6.79. The third-order valence-electron chi connectivity index (χ3n) is 7.10. The summed E-state index contributed by atoms with van der Waals surface area (Å²) in [6.45, 7) is 9.51. The van der Waals surface area contributed by atoms with Crippen LogP contribution in [0.2, 0.25) is 0 Å². The van der Waals surface area contributed by atoms with E-state index in [-0.39, 0.29) is 12.0 Å². The zero-order valence-corrected chi connectivity index (χ0v) is 23.2. The molecule has 0 saturated carbocycles. The van der Waals surface area contributed by atoms with Gasteiger partial charge in [0, 0.05) is 34.9 Å². The first-order valence-corrected chi connectivity index (χ1v) is 14.2. The Labute approximate surface area is 221 Å². The highest BCUT2D eigenvalue weighted by atomic mass is 14.7. The van der Waals surface area contributed by atoms with Crippen molar-refractivity contribution >= 4 is 0 Å². The molecule has 2 unspecified atom stereocenters. The molecule has 2 heteroatoms. The van der Waals surface area contributed by atoms with Crippen molar-refractivity contribution in [3.05, 3.63) is 70.8 Å². The zero-order chi connectivity index (χ0) is 26.2. The largest absolute Gasteiger partial charge is 0.330 e. The minimum atomic E-state index is 0.0454. The molecular weight excluding hydrogens is 436 g/mol. The van der Waals surface area contributed by atoms with Gasteiger partial charge in [0.25, 0.3) is 0 Å². The molecule has 0 saturated heterocycles. The van der Waals surface area contributed by atoms with Gasteiger partial charge < -0.3 is 11.5 Å². The van der Waals surface area contributed by atoms with Gasteiger partial charge in [-0.3, -0.25) is 0 Å². The average molecular weight is 485 g/mol. The van der Waals surface area contributed by atoms with E-state index in [1.54, 1.807) is 0 Å². The molecule has 4 N–H and O–H groups in total. The molecule has 0 aliphatic rings. The van der Waals surface area contributed by atoms with E-state index in [0.29, 0.717) is 18.4 Å². The summed E-state index contributed by atoms with van der Waals surface area (Å²) in [5.74, 6) is 15.0. The van der Waals surface area contributed by atoms with Crippen molar-refractivity contribution in [3.63, 3.8) is 0 Å². The van der Waals surface area contributed by atoms with Crippen molar-refractivity contribution in [2.75, 3.05) is 6.54 Å². The predicted molar refractivity (Wildman–Crippen MR) is 157 cm³/mol. The summed E-state index contributed by atoms with van der Waals surface area (Å²) < 4.78 is 0. The molecule has 0 spiro atoms. The summed E-state index contributed by atoms with van der Waals surface area (Å²) in [5.41, 5.74) is 17.5. The van der Waals surface area contributed by atoms with Crippen LogP contribution in [0.3, 0.4) is 0 Å². The molecule has 0 amide bonds. The average Bonchev–Trinajstić information content (AvgIpc) is 2.90.